The number of hydrogen-bond donors (Lipinski definition) is 0. The second-order valence-corrected chi connectivity index (χ2v) is 6.56. The van der Waals surface area contributed by atoms with Crippen molar-refractivity contribution in [3.63, 3.8) is 0 Å². The minimum absolute atomic E-state index is 0.0462. The Morgan fingerprint density at radius 1 is 0.963 bits per heavy atom. The van der Waals surface area contributed by atoms with E-state index in [1.165, 1.54) is 6.92 Å². The first-order valence-corrected chi connectivity index (χ1v) is 8.85. The number of anilines is 1. The highest BCUT2D eigenvalue weighted by molar-refractivity contribution is 6.03. The predicted molar refractivity (Wildman–Crippen MR) is 104 cm³/mol. The molecule has 4 nitrogen and oxygen atoms in total. The van der Waals surface area contributed by atoms with E-state index in [1.54, 1.807) is 23.1 Å². The van der Waals surface area contributed by atoms with Crippen LogP contribution >= 0.6 is 0 Å². The third-order valence-corrected chi connectivity index (χ3v) is 4.68. The molecular formula is C23H19NO3. The van der Waals surface area contributed by atoms with E-state index in [9.17, 15) is 9.59 Å². The summed E-state index contributed by atoms with van der Waals surface area (Å²) in [5, 5.41) is 0. The van der Waals surface area contributed by atoms with Crippen molar-refractivity contribution in [2.24, 2.45) is 0 Å². The lowest BCUT2D eigenvalue weighted by Crippen LogP contribution is -2.40. The summed E-state index contributed by atoms with van der Waals surface area (Å²) in [5.74, 6) is 0.415. The Kier molecular flexibility index (Phi) is 4.47. The number of Topliss-reactive ketones (excluding diaryl/α,β-unsaturated/α-hetero) is 1. The SMILES string of the molecule is CC(=O)c1ccc2c(c1)N(Cc1ccccc1)C(=O)C(c1ccccc1)O2. The maximum atomic E-state index is 13.3. The molecule has 27 heavy (non-hydrogen) atoms. The van der Waals surface area contributed by atoms with Crippen LogP contribution in [0.4, 0.5) is 5.69 Å². The summed E-state index contributed by atoms with van der Waals surface area (Å²) in [5.41, 5.74) is 3.01. The number of hydrogen-bond acceptors (Lipinski definition) is 3. The van der Waals surface area contributed by atoms with Crippen molar-refractivity contribution >= 4 is 17.4 Å². The minimum Gasteiger partial charge on any atom is -0.474 e. The van der Waals surface area contributed by atoms with Crippen molar-refractivity contribution in [1.82, 2.24) is 0 Å². The van der Waals surface area contributed by atoms with E-state index in [0.717, 1.165) is 11.1 Å². The highest BCUT2D eigenvalue weighted by atomic mass is 16.5. The lowest BCUT2D eigenvalue weighted by Gasteiger charge is -2.35. The Morgan fingerprint density at radius 3 is 2.30 bits per heavy atom. The number of fused-ring (bicyclic) bond motifs is 1. The van der Waals surface area contributed by atoms with E-state index in [1.807, 2.05) is 60.7 Å². The molecule has 0 saturated carbocycles. The standard InChI is InChI=1S/C23H19NO3/c1-16(25)19-12-13-21-20(14-19)24(15-17-8-4-2-5-9-17)23(26)22(27-21)18-10-6-3-7-11-18/h2-14,22H,15H2,1H3. The van der Waals surface area contributed by atoms with Crippen LogP contribution in [-0.4, -0.2) is 11.7 Å². The van der Waals surface area contributed by atoms with E-state index in [4.69, 9.17) is 4.74 Å². The molecule has 0 fully saturated rings. The predicted octanol–water partition coefficient (Wildman–Crippen LogP) is 4.56. The van der Waals surface area contributed by atoms with Crippen LogP contribution in [0.1, 0.15) is 34.5 Å². The van der Waals surface area contributed by atoms with Gasteiger partial charge in [0, 0.05) is 11.1 Å². The molecule has 1 heterocycles. The zero-order chi connectivity index (χ0) is 18.8. The fraction of sp³-hybridized carbons (Fsp3) is 0.130. The van der Waals surface area contributed by atoms with Gasteiger partial charge in [-0.05, 0) is 30.7 Å². The molecule has 0 N–H and O–H groups in total. The van der Waals surface area contributed by atoms with Crippen molar-refractivity contribution in [3.8, 4) is 5.75 Å². The summed E-state index contributed by atoms with van der Waals surface area (Å²) in [6.45, 7) is 1.93. The monoisotopic (exact) mass is 357 g/mol. The minimum atomic E-state index is -0.703. The molecule has 1 aliphatic heterocycles. The van der Waals surface area contributed by atoms with Crippen molar-refractivity contribution < 1.29 is 14.3 Å². The first kappa shape index (κ1) is 17.0. The molecule has 3 aromatic carbocycles. The second-order valence-electron chi connectivity index (χ2n) is 6.56. The molecule has 0 spiro atoms. The maximum Gasteiger partial charge on any atom is 0.273 e. The Hall–Kier alpha value is -3.40. The summed E-state index contributed by atoms with van der Waals surface area (Å²) < 4.78 is 6.03. The molecule has 0 aliphatic carbocycles. The molecule has 1 atom stereocenters. The van der Waals surface area contributed by atoms with Crippen LogP contribution in [0.25, 0.3) is 0 Å². The Labute approximate surface area is 158 Å². The van der Waals surface area contributed by atoms with Gasteiger partial charge in [0.2, 0.25) is 6.10 Å². The van der Waals surface area contributed by atoms with Gasteiger partial charge >= 0.3 is 0 Å². The van der Waals surface area contributed by atoms with Gasteiger partial charge in [0.05, 0.1) is 12.2 Å². The van der Waals surface area contributed by atoms with E-state index in [0.29, 0.717) is 23.5 Å². The summed E-state index contributed by atoms with van der Waals surface area (Å²) in [6, 6.07) is 24.5. The van der Waals surface area contributed by atoms with Crippen molar-refractivity contribution in [3.05, 3.63) is 95.6 Å². The summed E-state index contributed by atoms with van der Waals surface area (Å²) in [6.07, 6.45) is -0.703. The van der Waals surface area contributed by atoms with Gasteiger partial charge in [-0.15, -0.1) is 0 Å². The molecule has 0 aromatic heterocycles. The highest BCUT2D eigenvalue weighted by Gasteiger charge is 2.35. The smallest absolute Gasteiger partial charge is 0.273 e. The van der Waals surface area contributed by atoms with E-state index >= 15 is 0 Å². The Bertz CT molecular complexity index is 983. The first-order chi connectivity index (χ1) is 13.1. The van der Waals surface area contributed by atoms with Gasteiger partial charge < -0.3 is 9.64 Å². The van der Waals surface area contributed by atoms with Gasteiger partial charge in [-0.2, -0.15) is 0 Å². The average molecular weight is 357 g/mol. The molecule has 3 aromatic rings. The van der Waals surface area contributed by atoms with E-state index in [-0.39, 0.29) is 11.7 Å². The van der Waals surface area contributed by atoms with Crippen LogP contribution in [0.3, 0.4) is 0 Å². The van der Waals surface area contributed by atoms with Crippen LogP contribution in [-0.2, 0) is 11.3 Å². The lowest BCUT2D eigenvalue weighted by molar-refractivity contribution is -0.126. The Morgan fingerprint density at radius 2 is 1.63 bits per heavy atom. The number of carbonyl (C=O) groups excluding carboxylic acids is 2. The van der Waals surface area contributed by atoms with Crippen molar-refractivity contribution in [2.75, 3.05) is 4.90 Å². The zero-order valence-corrected chi connectivity index (χ0v) is 15.0. The Balaban J connectivity index is 1.79. The molecule has 1 amide bonds. The number of carbonyl (C=O) groups is 2. The van der Waals surface area contributed by atoms with E-state index < -0.39 is 6.10 Å². The van der Waals surface area contributed by atoms with Gasteiger partial charge in [0.25, 0.3) is 5.91 Å². The molecule has 0 saturated heterocycles. The van der Waals surface area contributed by atoms with Gasteiger partial charge in [-0.3, -0.25) is 9.59 Å². The number of ketones is 1. The molecule has 4 heteroatoms. The van der Waals surface area contributed by atoms with E-state index in [2.05, 4.69) is 0 Å². The fourth-order valence-electron chi connectivity index (χ4n) is 3.25. The van der Waals surface area contributed by atoms with Gasteiger partial charge in [0.15, 0.2) is 5.78 Å². The van der Waals surface area contributed by atoms with Gasteiger partial charge in [-0.1, -0.05) is 60.7 Å². The number of rotatable bonds is 4. The molecule has 1 unspecified atom stereocenters. The average Bonchev–Trinajstić information content (AvgIpc) is 2.71. The molecule has 1 aliphatic rings. The summed E-state index contributed by atoms with van der Waals surface area (Å²) in [4.78, 5) is 26.8. The molecular weight excluding hydrogens is 338 g/mol. The molecule has 134 valence electrons. The van der Waals surface area contributed by atoms with Crippen LogP contribution in [0.15, 0.2) is 78.9 Å². The van der Waals surface area contributed by atoms with Crippen molar-refractivity contribution in [2.45, 2.75) is 19.6 Å². The third-order valence-electron chi connectivity index (χ3n) is 4.68. The summed E-state index contributed by atoms with van der Waals surface area (Å²) >= 11 is 0. The number of ether oxygens (including phenoxy) is 1. The quantitative estimate of drug-likeness (QED) is 0.643. The normalized spacial score (nSPS) is 15.8. The zero-order valence-electron chi connectivity index (χ0n) is 15.0. The second kappa shape index (κ2) is 7.08. The highest BCUT2D eigenvalue weighted by Crippen LogP contribution is 2.40. The topological polar surface area (TPSA) is 46.6 Å². The number of benzene rings is 3. The van der Waals surface area contributed by atoms with Crippen molar-refractivity contribution in [1.29, 1.82) is 0 Å². The molecule has 4 rings (SSSR count). The van der Waals surface area contributed by atoms with Gasteiger partial charge in [-0.25, -0.2) is 0 Å². The maximum absolute atomic E-state index is 13.3. The van der Waals surface area contributed by atoms with Gasteiger partial charge in [0.1, 0.15) is 5.75 Å². The fourth-order valence-corrected chi connectivity index (χ4v) is 3.25. The first-order valence-electron chi connectivity index (χ1n) is 8.85. The summed E-state index contributed by atoms with van der Waals surface area (Å²) in [7, 11) is 0. The van der Waals surface area contributed by atoms with Crippen LogP contribution in [0.2, 0.25) is 0 Å². The number of nitrogens with zero attached hydrogens (tertiary/aromatic N) is 1. The van der Waals surface area contributed by atoms with Crippen LogP contribution < -0.4 is 9.64 Å². The van der Waals surface area contributed by atoms with Crippen LogP contribution in [0, 0.1) is 0 Å². The molecule has 0 bridgehead atoms. The third kappa shape index (κ3) is 3.34. The van der Waals surface area contributed by atoms with Crippen LogP contribution in [0.5, 0.6) is 5.75 Å². The number of amides is 1. The largest absolute Gasteiger partial charge is 0.474 e. The lowest BCUT2D eigenvalue weighted by atomic mass is 10.0. The molecule has 0 radical (unpaired) electrons.